The van der Waals surface area contributed by atoms with Crippen molar-refractivity contribution in [1.29, 1.82) is 0 Å². The van der Waals surface area contributed by atoms with Crippen molar-refractivity contribution in [3.05, 3.63) is 41.3 Å². The predicted octanol–water partition coefficient (Wildman–Crippen LogP) is 2.67. The van der Waals surface area contributed by atoms with Crippen LogP contribution < -0.4 is 20.1 Å². The van der Waals surface area contributed by atoms with Crippen molar-refractivity contribution in [2.45, 2.75) is 19.4 Å². The van der Waals surface area contributed by atoms with Crippen LogP contribution in [0.4, 0.5) is 5.69 Å². The average molecular weight is 434 g/mol. The summed E-state index contributed by atoms with van der Waals surface area (Å²) in [7, 11) is 0. The molecular formula is C21H24ClN3O5. The van der Waals surface area contributed by atoms with E-state index in [0.29, 0.717) is 67.9 Å². The number of carbonyl (C=O) groups excluding carboxylic acids is 2. The summed E-state index contributed by atoms with van der Waals surface area (Å²) < 4.78 is 16.3. The molecule has 0 unspecified atom stereocenters. The SMILES string of the molecule is O=C(CN1CCC(C(=O)NCc2ccco2)CC1)Nc1cc2c(cc1Cl)OCCO2. The van der Waals surface area contributed by atoms with E-state index >= 15 is 0 Å². The van der Waals surface area contributed by atoms with Crippen molar-refractivity contribution in [2.24, 2.45) is 5.92 Å². The van der Waals surface area contributed by atoms with E-state index in [0.717, 1.165) is 5.76 Å². The van der Waals surface area contributed by atoms with Gasteiger partial charge in [-0.15, -0.1) is 0 Å². The molecular weight excluding hydrogens is 410 g/mol. The normalized spacial score (nSPS) is 16.8. The van der Waals surface area contributed by atoms with Crippen molar-refractivity contribution in [2.75, 3.05) is 38.2 Å². The molecule has 4 rings (SSSR count). The van der Waals surface area contributed by atoms with Gasteiger partial charge in [0.1, 0.15) is 19.0 Å². The molecule has 2 aromatic rings. The quantitative estimate of drug-likeness (QED) is 0.727. The van der Waals surface area contributed by atoms with Gasteiger partial charge < -0.3 is 24.5 Å². The number of benzene rings is 1. The van der Waals surface area contributed by atoms with Crippen LogP contribution in [0.1, 0.15) is 18.6 Å². The largest absolute Gasteiger partial charge is 0.486 e. The first-order valence-electron chi connectivity index (χ1n) is 10.00. The number of nitrogens with zero attached hydrogens (tertiary/aromatic N) is 1. The topological polar surface area (TPSA) is 93.0 Å². The Labute approximate surface area is 179 Å². The highest BCUT2D eigenvalue weighted by atomic mass is 35.5. The van der Waals surface area contributed by atoms with Gasteiger partial charge in [-0.25, -0.2) is 0 Å². The average Bonchev–Trinajstić information content (AvgIpc) is 3.27. The summed E-state index contributed by atoms with van der Waals surface area (Å²) in [6.07, 6.45) is 3.01. The lowest BCUT2D eigenvalue weighted by atomic mass is 9.96. The summed E-state index contributed by atoms with van der Waals surface area (Å²) in [5.41, 5.74) is 0.498. The van der Waals surface area contributed by atoms with Crippen LogP contribution in [0, 0.1) is 5.92 Å². The Bertz CT molecular complexity index is 894. The number of rotatable bonds is 6. The highest BCUT2D eigenvalue weighted by Gasteiger charge is 2.26. The minimum absolute atomic E-state index is 0.0264. The van der Waals surface area contributed by atoms with Crippen LogP contribution in [0.3, 0.4) is 0 Å². The highest BCUT2D eigenvalue weighted by molar-refractivity contribution is 6.34. The molecule has 2 amide bonds. The second kappa shape index (κ2) is 9.40. The molecule has 2 aliphatic rings. The lowest BCUT2D eigenvalue weighted by Gasteiger charge is -2.30. The molecule has 8 nitrogen and oxygen atoms in total. The lowest BCUT2D eigenvalue weighted by molar-refractivity contribution is -0.126. The molecule has 9 heteroatoms. The minimum Gasteiger partial charge on any atom is -0.486 e. The zero-order chi connectivity index (χ0) is 20.9. The number of piperidine rings is 1. The minimum atomic E-state index is -0.158. The number of likely N-dealkylation sites (tertiary alicyclic amines) is 1. The first-order valence-corrected chi connectivity index (χ1v) is 10.4. The van der Waals surface area contributed by atoms with Gasteiger partial charge >= 0.3 is 0 Å². The standard InChI is InChI=1S/C21H24ClN3O5/c22-16-10-18-19(30-9-8-29-18)11-17(16)24-20(26)13-25-5-3-14(4-6-25)21(27)23-12-15-2-1-7-28-15/h1-2,7,10-11,14H,3-6,8-9,12-13H2,(H,23,27)(H,24,26). The number of hydrogen-bond donors (Lipinski definition) is 2. The highest BCUT2D eigenvalue weighted by Crippen LogP contribution is 2.37. The molecule has 0 saturated carbocycles. The summed E-state index contributed by atoms with van der Waals surface area (Å²) in [6, 6.07) is 6.96. The van der Waals surface area contributed by atoms with Crippen molar-refractivity contribution in [3.63, 3.8) is 0 Å². The van der Waals surface area contributed by atoms with Crippen molar-refractivity contribution >= 4 is 29.1 Å². The Kier molecular flexibility index (Phi) is 6.44. The van der Waals surface area contributed by atoms with Gasteiger partial charge in [0, 0.05) is 18.1 Å². The number of carbonyl (C=O) groups is 2. The fourth-order valence-electron chi connectivity index (χ4n) is 3.64. The molecule has 1 saturated heterocycles. The zero-order valence-electron chi connectivity index (χ0n) is 16.5. The van der Waals surface area contributed by atoms with Gasteiger partial charge in [-0.2, -0.15) is 0 Å². The van der Waals surface area contributed by atoms with Crippen molar-refractivity contribution < 1.29 is 23.5 Å². The zero-order valence-corrected chi connectivity index (χ0v) is 17.2. The van der Waals surface area contributed by atoms with Crippen LogP contribution in [0.25, 0.3) is 0 Å². The van der Waals surface area contributed by atoms with E-state index in [9.17, 15) is 9.59 Å². The van der Waals surface area contributed by atoms with Crippen LogP contribution >= 0.6 is 11.6 Å². The maximum absolute atomic E-state index is 12.5. The van der Waals surface area contributed by atoms with Crippen LogP contribution in [0.5, 0.6) is 11.5 Å². The monoisotopic (exact) mass is 433 g/mol. The second-order valence-electron chi connectivity index (χ2n) is 7.37. The van der Waals surface area contributed by atoms with Gasteiger partial charge in [-0.3, -0.25) is 14.5 Å². The molecule has 0 radical (unpaired) electrons. The summed E-state index contributed by atoms with van der Waals surface area (Å²) in [5.74, 6) is 1.70. The van der Waals surface area contributed by atoms with E-state index in [2.05, 4.69) is 10.6 Å². The van der Waals surface area contributed by atoms with E-state index in [-0.39, 0.29) is 24.3 Å². The number of nitrogens with one attached hydrogen (secondary N) is 2. The fourth-order valence-corrected chi connectivity index (χ4v) is 3.84. The molecule has 3 heterocycles. The molecule has 30 heavy (non-hydrogen) atoms. The van der Waals surface area contributed by atoms with Crippen LogP contribution in [0.2, 0.25) is 5.02 Å². The molecule has 160 valence electrons. The molecule has 2 aliphatic heterocycles. The first-order chi connectivity index (χ1) is 14.6. The maximum Gasteiger partial charge on any atom is 0.238 e. The van der Waals surface area contributed by atoms with E-state index in [1.54, 1.807) is 24.5 Å². The number of amides is 2. The summed E-state index contributed by atoms with van der Waals surface area (Å²) in [6.45, 7) is 2.94. The molecule has 2 N–H and O–H groups in total. The van der Waals surface area contributed by atoms with E-state index < -0.39 is 0 Å². The molecule has 0 bridgehead atoms. The predicted molar refractivity (Wildman–Crippen MR) is 111 cm³/mol. The van der Waals surface area contributed by atoms with Crippen LogP contribution in [-0.2, 0) is 16.1 Å². The van der Waals surface area contributed by atoms with E-state index in [1.807, 2.05) is 11.0 Å². The summed E-state index contributed by atoms with van der Waals surface area (Å²) >= 11 is 6.25. The number of hydrogen-bond acceptors (Lipinski definition) is 6. The van der Waals surface area contributed by atoms with Crippen LogP contribution in [0.15, 0.2) is 34.9 Å². The van der Waals surface area contributed by atoms with Gasteiger partial charge in [-0.05, 0) is 38.1 Å². The number of furan rings is 1. The van der Waals surface area contributed by atoms with E-state index in [1.165, 1.54) is 0 Å². The number of ether oxygens (including phenoxy) is 2. The summed E-state index contributed by atoms with van der Waals surface area (Å²) in [5, 5.41) is 6.15. The Morgan fingerprint density at radius 2 is 1.87 bits per heavy atom. The molecule has 1 fully saturated rings. The molecule has 0 aliphatic carbocycles. The Morgan fingerprint density at radius 1 is 1.13 bits per heavy atom. The molecule has 0 atom stereocenters. The lowest BCUT2D eigenvalue weighted by Crippen LogP contribution is -2.43. The third-order valence-corrected chi connectivity index (χ3v) is 5.56. The summed E-state index contributed by atoms with van der Waals surface area (Å²) in [4.78, 5) is 26.8. The second-order valence-corrected chi connectivity index (χ2v) is 7.78. The smallest absolute Gasteiger partial charge is 0.238 e. The molecule has 1 aromatic carbocycles. The van der Waals surface area contributed by atoms with Gasteiger partial charge in [0.2, 0.25) is 11.8 Å². The van der Waals surface area contributed by atoms with Crippen LogP contribution in [-0.4, -0.2) is 49.6 Å². The number of anilines is 1. The van der Waals surface area contributed by atoms with Gasteiger partial charge in [-0.1, -0.05) is 11.6 Å². The third kappa shape index (κ3) is 5.06. The third-order valence-electron chi connectivity index (χ3n) is 5.25. The Morgan fingerprint density at radius 3 is 2.57 bits per heavy atom. The number of halogens is 1. The van der Waals surface area contributed by atoms with Gasteiger partial charge in [0.15, 0.2) is 11.5 Å². The van der Waals surface area contributed by atoms with Crippen molar-refractivity contribution in [1.82, 2.24) is 10.2 Å². The van der Waals surface area contributed by atoms with E-state index in [4.69, 9.17) is 25.5 Å². The Balaban J connectivity index is 1.23. The Hall–Kier alpha value is -2.71. The van der Waals surface area contributed by atoms with Gasteiger partial charge in [0.25, 0.3) is 0 Å². The fraction of sp³-hybridized carbons (Fsp3) is 0.429. The van der Waals surface area contributed by atoms with Crippen molar-refractivity contribution in [3.8, 4) is 11.5 Å². The first kappa shape index (κ1) is 20.6. The molecule has 0 spiro atoms. The molecule has 1 aromatic heterocycles. The van der Waals surface area contributed by atoms with Gasteiger partial charge in [0.05, 0.1) is 30.1 Å². The number of fused-ring (bicyclic) bond motifs is 1. The maximum atomic E-state index is 12.5.